The predicted octanol–water partition coefficient (Wildman–Crippen LogP) is 3.81. The smallest absolute Gasteiger partial charge is 0.243 e. The molecular weight excluding hydrogens is 398 g/mol. The van der Waals surface area contributed by atoms with Gasteiger partial charge in [-0.1, -0.05) is 24.6 Å². The average Bonchev–Trinajstić information content (AvgIpc) is 2.74. The molecule has 0 saturated carbocycles. The molecule has 7 heteroatoms. The summed E-state index contributed by atoms with van der Waals surface area (Å²) in [6.45, 7) is 2.99. The van der Waals surface area contributed by atoms with E-state index in [9.17, 15) is 13.2 Å². The highest BCUT2D eigenvalue weighted by atomic mass is 32.2. The number of hydrogen-bond acceptors (Lipinski definition) is 4. The van der Waals surface area contributed by atoms with Crippen molar-refractivity contribution in [3.8, 4) is 0 Å². The molecule has 1 aliphatic heterocycles. The van der Waals surface area contributed by atoms with Gasteiger partial charge in [-0.3, -0.25) is 4.79 Å². The molecule has 0 aromatic heterocycles. The van der Waals surface area contributed by atoms with E-state index >= 15 is 0 Å². The zero-order valence-electron chi connectivity index (χ0n) is 18.0. The Kier molecular flexibility index (Phi) is 7.15. The molecule has 0 radical (unpaired) electrons. The summed E-state index contributed by atoms with van der Waals surface area (Å²) in [5.41, 5.74) is 3.61. The van der Waals surface area contributed by atoms with Crippen LogP contribution in [0.2, 0.25) is 0 Å². The van der Waals surface area contributed by atoms with E-state index in [-0.39, 0.29) is 10.8 Å². The zero-order chi connectivity index (χ0) is 21.7. The first-order valence-corrected chi connectivity index (χ1v) is 11.9. The number of nitrogens with zero attached hydrogens (tertiary/aromatic N) is 2. The normalized spacial score (nSPS) is 15.0. The van der Waals surface area contributed by atoms with Crippen LogP contribution in [0.15, 0.2) is 47.4 Å². The molecule has 1 N–H and O–H groups in total. The van der Waals surface area contributed by atoms with Crippen LogP contribution < -0.4 is 10.2 Å². The summed E-state index contributed by atoms with van der Waals surface area (Å²) in [7, 11) is 0.455. The SMILES string of the molecule is Cc1ccc(S(=O)(=O)N2CCCCC2)cc1NC(=O)CCc1ccc(N(C)C)cc1. The second kappa shape index (κ2) is 9.62. The first-order valence-electron chi connectivity index (χ1n) is 10.4. The number of aryl methyl sites for hydroxylation is 2. The van der Waals surface area contributed by atoms with Gasteiger partial charge in [0.15, 0.2) is 0 Å². The lowest BCUT2D eigenvalue weighted by molar-refractivity contribution is -0.116. The van der Waals surface area contributed by atoms with Crippen molar-refractivity contribution in [1.82, 2.24) is 4.31 Å². The van der Waals surface area contributed by atoms with E-state index < -0.39 is 10.0 Å². The highest BCUT2D eigenvalue weighted by molar-refractivity contribution is 7.89. The molecule has 1 aliphatic rings. The molecule has 1 fully saturated rings. The number of rotatable bonds is 7. The van der Waals surface area contributed by atoms with E-state index in [0.29, 0.717) is 31.6 Å². The maximum absolute atomic E-state index is 12.9. The van der Waals surface area contributed by atoms with E-state index in [4.69, 9.17) is 0 Å². The molecule has 0 aliphatic carbocycles. The minimum absolute atomic E-state index is 0.123. The van der Waals surface area contributed by atoms with Crippen LogP contribution in [-0.2, 0) is 21.2 Å². The number of sulfonamides is 1. The number of carbonyl (C=O) groups excluding carboxylic acids is 1. The molecule has 0 spiro atoms. The van der Waals surface area contributed by atoms with Crippen LogP contribution in [0.1, 0.15) is 36.8 Å². The number of piperidine rings is 1. The van der Waals surface area contributed by atoms with Gasteiger partial charge in [-0.15, -0.1) is 0 Å². The van der Waals surface area contributed by atoms with Gasteiger partial charge in [0.05, 0.1) is 4.90 Å². The number of anilines is 2. The zero-order valence-corrected chi connectivity index (χ0v) is 18.8. The van der Waals surface area contributed by atoms with Crippen molar-refractivity contribution in [2.45, 2.75) is 43.9 Å². The Morgan fingerprint density at radius 3 is 2.33 bits per heavy atom. The number of amides is 1. The Labute approximate surface area is 179 Å². The van der Waals surface area contributed by atoms with Gasteiger partial charge in [-0.25, -0.2) is 8.42 Å². The molecule has 0 atom stereocenters. The van der Waals surface area contributed by atoms with Gasteiger partial charge in [-0.05, 0) is 61.6 Å². The van der Waals surface area contributed by atoms with Crippen LogP contribution in [0.25, 0.3) is 0 Å². The molecule has 0 bridgehead atoms. The van der Waals surface area contributed by atoms with Crippen molar-refractivity contribution in [3.63, 3.8) is 0 Å². The molecule has 3 rings (SSSR count). The van der Waals surface area contributed by atoms with Crippen molar-refractivity contribution in [2.75, 3.05) is 37.4 Å². The fraction of sp³-hybridized carbons (Fsp3) is 0.435. The van der Waals surface area contributed by atoms with Gasteiger partial charge < -0.3 is 10.2 Å². The Morgan fingerprint density at radius 1 is 1.03 bits per heavy atom. The van der Waals surface area contributed by atoms with Gasteiger partial charge in [0.2, 0.25) is 15.9 Å². The van der Waals surface area contributed by atoms with Gasteiger partial charge in [0, 0.05) is 45.0 Å². The Hall–Kier alpha value is -2.38. The van der Waals surface area contributed by atoms with E-state index in [0.717, 1.165) is 36.1 Å². The van der Waals surface area contributed by atoms with Crippen LogP contribution in [0.4, 0.5) is 11.4 Å². The van der Waals surface area contributed by atoms with Gasteiger partial charge in [0.25, 0.3) is 0 Å². The third-order valence-electron chi connectivity index (χ3n) is 5.53. The maximum Gasteiger partial charge on any atom is 0.243 e. The summed E-state index contributed by atoms with van der Waals surface area (Å²) in [5.74, 6) is -0.123. The first kappa shape index (κ1) is 22.3. The van der Waals surface area contributed by atoms with Crippen LogP contribution in [-0.4, -0.2) is 45.8 Å². The summed E-state index contributed by atoms with van der Waals surface area (Å²) >= 11 is 0. The standard InChI is InChI=1S/C23H31N3O3S/c1-18-7-13-21(30(28,29)26-15-5-4-6-16-26)17-22(18)24-23(27)14-10-19-8-11-20(12-9-19)25(2)3/h7-9,11-13,17H,4-6,10,14-16H2,1-3H3,(H,24,27). The number of nitrogens with one attached hydrogen (secondary N) is 1. The lowest BCUT2D eigenvalue weighted by atomic mass is 10.1. The van der Waals surface area contributed by atoms with Crippen molar-refractivity contribution < 1.29 is 13.2 Å². The maximum atomic E-state index is 12.9. The third-order valence-corrected chi connectivity index (χ3v) is 7.42. The Balaban J connectivity index is 1.65. The van der Waals surface area contributed by atoms with Crippen molar-refractivity contribution in [3.05, 3.63) is 53.6 Å². The first-order chi connectivity index (χ1) is 14.3. The molecule has 2 aromatic rings. The Bertz CT molecular complexity index is 979. The fourth-order valence-corrected chi connectivity index (χ4v) is 5.13. The summed E-state index contributed by atoms with van der Waals surface area (Å²) < 4.78 is 27.4. The van der Waals surface area contributed by atoms with Crippen LogP contribution in [0.3, 0.4) is 0 Å². The minimum atomic E-state index is -3.53. The molecule has 162 valence electrons. The van der Waals surface area contributed by atoms with Crippen molar-refractivity contribution >= 4 is 27.3 Å². The van der Waals surface area contributed by atoms with Crippen LogP contribution in [0.5, 0.6) is 0 Å². The summed E-state index contributed by atoms with van der Waals surface area (Å²) in [4.78, 5) is 14.8. The molecule has 1 heterocycles. The van der Waals surface area contributed by atoms with Gasteiger partial charge in [-0.2, -0.15) is 4.31 Å². The van der Waals surface area contributed by atoms with Crippen molar-refractivity contribution in [2.24, 2.45) is 0 Å². The molecule has 2 aromatic carbocycles. The quantitative estimate of drug-likeness (QED) is 0.727. The second-order valence-electron chi connectivity index (χ2n) is 8.05. The number of benzene rings is 2. The molecule has 1 amide bonds. The summed E-state index contributed by atoms with van der Waals surface area (Å²) in [6, 6.07) is 13.1. The average molecular weight is 430 g/mol. The molecular formula is C23H31N3O3S. The van der Waals surface area contributed by atoms with Crippen molar-refractivity contribution in [1.29, 1.82) is 0 Å². The number of carbonyl (C=O) groups is 1. The lowest BCUT2D eigenvalue weighted by Crippen LogP contribution is -2.35. The van der Waals surface area contributed by atoms with Gasteiger partial charge in [0.1, 0.15) is 0 Å². The second-order valence-corrected chi connectivity index (χ2v) is 9.99. The minimum Gasteiger partial charge on any atom is -0.378 e. The van der Waals surface area contributed by atoms with Crippen LogP contribution >= 0.6 is 0 Å². The van der Waals surface area contributed by atoms with E-state index in [1.807, 2.05) is 50.2 Å². The summed E-state index contributed by atoms with van der Waals surface area (Å²) in [6.07, 6.45) is 3.82. The molecule has 1 saturated heterocycles. The van der Waals surface area contributed by atoms with E-state index in [1.165, 1.54) is 0 Å². The highest BCUT2D eigenvalue weighted by Crippen LogP contribution is 2.25. The highest BCUT2D eigenvalue weighted by Gasteiger charge is 2.26. The predicted molar refractivity (Wildman–Crippen MR) is 122 cm³/mol. The molecule has 30 heavy (non-hydrogen) atoms. The van der Waals surface area contributed by atoms with E-state index in [1.54, 1.807) is 22.5 Å². The van der Waals surface area contributed by atoms with Gasteiger partial charge >= 0.3 is 0 Å². The largest absolute Gasteiger partial charge is 0.378 e. The molecule has 0 unspecified atom stereocenters. The Morgan fingerprint density at radius 2 is 1.70 bits per heavy atom. The summed E-state index contributed by atoms with van der Waals surface area (Å²) in [5, 5.41) is 2.90. The van der Waals surface area contributed by atoms with E-state index in [2.05, 4.69) is 5.32 Å². The lowest BCUT2D eigenvalue weighted by Gasteiger charge is -2.26. The fourth-order valence-electron chi connectivity index (χ4n) is 3.58. The van der Waals surface area contributed by atoms with Crippen LogP contribution in [0, 0.1) is 6.92 Å². The third kappa shape index (κ3) is 5.40. The topological polar surface area (TPSA) is 69.7 Å². The number of hydrogen-bond donors (Lipinski definition) is 1. The monoisotopic (exact) mass is 429 g/mol. The molecule has 6 nitrogen and oxygen atoms in total.